The molecule has 82 valence electrons. The van der Waals surface area contributed by atoms with Crippen molar-refractivity contribution in [3.05, 3.63) is 41.7 Å². The van der Waals surface area contributed by atoms with E-state index in [0.29, 0.717) is 0 Å². The van der Waals surface area contributed by atoms with Gasteiger partial charge in [0.1, 0.15) is 0 Å². The summed E-state index contributed by atoms with van der Waals surface area (Å²) >= 11 is 0. The molecule has 1 aromatic heterocycles. The molecule has 0 saturated carbocycles. The number of hydrogen-bond donors (Lipinski definition) is 2. The molecular formula is C12H14N4. The fourth-order valence-electron chi connectivity index (χ4n) is 1.56. The highest BCUT2D eigenvalue weighted by Gasteiger charge is 2.02. The first-order chi connectivity index (χ1) is 7.69. The van der Waals surface area contributed by atoms with Crippen LogP contribution in [0.5, 0.6) is 0 Å². The van der Waals surface area contributed by atoms with Crippen LogP contribution in [0.25, 0.3) is 0 Å². The molecular weight excluding hydrogens is 200 g/mol. The van der Waals surface area contributed by atoms with E-state index in [1.807, 2.05) is 38.4 Å². The van der Waals surface area contributed by atoms with E-state index in [9.17, 15) is 0 Å². The van der Waals surface area contributed by atoms with Gasteiger partial charge in [-0.05, 0) is 19.1 Å². The standard InChI is InChI=1S/C12H14N4/c1-9-3-4-12(10(5-9)6-13)15-11-7-14-16(2)8-11/h3-8,13,15H,1-2H3. The Balaban J connectivity index is 2.30. The molecule has 0 saturated heterocycles. The quantitative estimate of drug-likeness (QED) is 0.771. The summed E-state index contributed by atoms with van der Waals surface area (Å²) in [6.07, 6.45) is 5.01. The lowest BCUT2D eigenvalue weighted by Gasteiger charge is -2.07. The van der Waals surface area contributed by atoms with Gasteiger partial charge in [-0.15, -0.1) is 0 Å². The lowest BCUT2D eigenvalue weighted by Crippen LogP contribution is -1.95. The molecule has 0 aliphatic carbocycles. The van der Waals surface area contributed by atoms with E-state index in [1.165, 1.54) is 6.21 Å². The number of nitrogens with one attached hydrogen (secondary N) is 2. The Bertz CT molecular complexity index is 513. The van der Waals surface area contributed by atoms with Crippen molar-refractivity contribution in [1.82, 2.24) is 9.78 Å². The third-order valence-corrected chi connectivity index (χ3v) is 2.35. The van der Waals surface area contributed by atoms with Gasteiger partial charge >= 0.3 is 0 Å². The van der Waals surface area contributed by atoms with E-state index in [1.54, 1.807) is 10.9 Å². The van der Waals surface area contributed by atoms with Crippen LogP contribution in [0.15, 0.2) is 30.6 Å². The summed E-state index contributed by atoms with van der Waals surface area (Å²) in [6.45, 7) is 2.01. The largest absolute Gasteiger partial charge is 0.352 e. The molecule has 1 heterocycles. The fraction of sp³-hybridized carbons (Fsp3) is 0.167. The Morgan fingerprint density at radius 1 is 1.44 bits per heavy atom. The number of aryl methyl sites for hydroxylation is 2. The van der Waals surface area contributed by atoms with Gasteiger partial charge in [-0.3, -0.25) is 4.68 Å². The lowest BCUT2D eigenvalue weighted by atomic mass is 10.1. The molecule has 2 aromatic rings. The first-order valence-corrected chi connectivity index (χ1v) is 5.06. The molecule has 0 spiro atoms. The summed E-state index contributed by atoms with van der Waals surface area (Å²) in [7, 11) is 1.87. The summed E-state index contributed by atoms with van der Waals surface area (Å²) in [5.74, 6) is 0. The summed E-state index contributed by atoms with van der Waals surface area (Å²) in [4.78, 5) is 0. The second-order valence-corrected chi connectivity index (χ2v) is 3.76. The van der Waals surface area contributed by atoms with Gasteiger partial charge in [0.2, 0.25) is 0 Å². The van der Waals surface area contributed by atoms with E-state index < -0.39 is 0 Å². The number of nitrogens with zero attached hydrogens (tertiary/aromatic N) is 2. The van der Waals surface area contributed by atoms with Crippen LogP contribution >= 0.6 is 0 Å². The predicted octanol–water partition coefficient (Wildman–Crippen LogP) is 2.47. The van der Waals surface area contributed by atoms with E-state index >= 15 is 0 Å². The second kappa shape index (κ2) is 4.18. The first kappa shape index (κ1) is 10.4. The first-order valence-electron chi connectivity index (χ1n) is 5.06. The maximum absolute atomic E-state index is 7.37. The molecule has 0 amide bonds. The zero-order chi connectivity index (χ0) is 11.5. The van der Waals surface area contributed by atoms with Gasteiger partial charge in [0.15, 0.2) is 0 Å². The molecule has 0 atom stereocenters. The van der Waals surface area contributed by atoms with Crippen LogP contribution < -0.4 is 5.32 Å². The van der Waals surface area contributed by atoms with Gasteiger partial charge < -0.3 is 10.7 Å². The maximum Gasteiger partial charge on any atom is 0.0770 e. The number of anilines is 2. The molecule has 4 nitrogen and oxygen atoms in total. The zero-order valence-corrected chi connectivity index (χ0v) is 9.36. The summed E-state index contributed by atoms with van der Waals surface area (Å²) in [6, 6.07) is 5.97. The van der Waals surface area contributed by atoms with Crippen LogP contribution in [-0.4, -0.2) is 16.0 Å². The van der Waals surface area contributed by atoms with Gasteiger partial charge in [0.25, 0.3) is 0 Å². The molecule has 0 unspecified atom stereocenters. The summed E-state index contributed by atoms with van der Waals surface area (Å²) in [5, 5.41) is 14.7. The second-order valence-electron chi connectivity index (χ2n) is 3.76. The number of benzene rings is 1. The van der Waals surface area contributed by atoms with Crippen LogP contribution in [0.2, 0.25) is 0 Å². The molecule has 0 bridgehead atoms. The molecule has 2 rings (SSSR count). The SMILES string of the molecule is Cc1ccc(Nc2cnn(C)c2)c(C=N)c1. The van der Waals surface area contributed by atoms with Crippen molar-refractivity contribution in [3.8, 4) is 0 Å². The third kappa shape index (κ3) is 2.11. The Morgan fingerprint density at radius 2 is 2.25 bits per heavy atom. The number of rotatable bonds is 3. The fourth-order valence-corrected chi connectivity index (χ4v) is 1.56. The normalized spacial score (nSPS) is 10.1. The lowest BCUT2D eigenvalue weighted by molar-refractivity contribution is 0.768. The number of aromatic nitrogens is 2. The maximum atomic E-state index is 7.37. The highest BCUT2D eigenvalue weighted by atomic mass is 15.3. The van der Waals surface area contributed by atoms with Crippen LogP contribution in [-0.2, 0) is 7.05 Å². The van der Waals surface area contributed by atoms with Gasteiger partial charge in [-0.2, -0.15) is 5.10 Å². The smallest absolute Gasteiger partial charge is 0.0770 e. The number of hydrogen-bond acceptors (Lipinski definition) is 3. The summed E-state index contributed by atoms with van der Waals surface area (Å²) in [5.41, 5.74) is 3.88. The molecule has 0 aliphatic rings. The van der Waals surface area contributed by atoms with Gasteiger partial charge in [-0.1, -0.05) is 11.6 Å². The molecule has 16 heavy (non-hydrogen) atoms. The Morgan fingerprint density at radius 3 is 2.88 bits per heavy atom. The average molecular weight is 214 g/mol. The monoisotopic (exact) mass is 214 g/mol. The molecule has 4 heteroatoms. The van der Waals surface area contributed by atoms with Crippen LogP contribution in [0.3, 0.4) is 0 Å². The molecule has 1 aromatic carbocycles. The van der Waals surface area contributed by atoms with Gasteiger partial charge in [0.05, 0.1) is 11.9 Å². The van der Waals surface area contributed by atoms with Crippen molar-refractivity contribution in [3.63, 3.8) is 0 Å². The minimum atomic E-state index is 0.879. The van der Waals surface area contributed by atoms with E-state index in [4.69, 9.17) is 5.41 Å². The third-order valence-electron chi connectivity index (χ3n) is 2.35. The van der Waals surface area contributed by atoms with Crippen molar-refractivity contribution in [2.45, 2.75) is 6.92 Å². The molecule has 0 radical (unpaired) electrons. The van der Waals surface area contributed by atoms with E-state index in [0.717, 1.165) is 22.5 Å². The highest BCUT2D eigenvalue weighted by Crippen LogP contribution is 2.20. The van der Waals surface area contributed by atoms with E-state index in [-0.39, 0.29) is 0 Å². The van der Waals surface area contributed by atoms with Crippen molar-refractivity contribution in [2.75, 3.05) is 5.32 Å². The van der Waals surface area contributed by atoms with Crippen molar-refractivity contribution in [2.24, 2.45) is 7.05 Å². The Hall–Kier alpha value is -2.10. The zero-order valence-electron chi connectivity index (χ0n) is 9.36. The van der Waals surface area contributed by atoms with Crippen molar-refractivity contribution >= 4 is 17.6 Å². The van der Waals surface area contributed by atoms with Gasteiger partial charge in [-0.25, -0.2) is 0 Å². The van der Waals surface area contributed by atoms with Crippen molar-refractivity contribution < 1.29 is 0 Å². The molecule has 2 N–H and O–H groups in total. The van der Waals surface area contributed by atoms with Gasteiger partial charge in [0, 0.05) is 30.7 Å². The predicted molar refractivity (Wildman–Crippen MR) is 65.6 cm³/mol. The van der Waals surface area contributed by atoms with Crippen LogP contribution in [0.4, 0.5) is 11.4 Å². The van der Waals surface area contributed by atoms with Crippen LogP contribution in [0, 0.1) is 12.3 Å². The summed E-state index contributed by atoms with van der Waals surface area (Å²) < 4.78 is 1.74. The highest BCUT2D eigenvalue weighted by molar-refractivity contribution is 5.87. The van der Waals surface area contributed by atoms with Crippen LogP contribution in [0.1, 0.15) is 11.1 Å². The molecule has 0 aliphatic heterocycles. The average Bonchev–Trinajstić information content (AvgIpc) is 2.67. The minimum Gasteiger partial charge on any atom is -0.352 e. The minimum absolute atomic E-state index is 0.879. The van der Waals surface area contributed by atoms with Crippen molar-refractivity contribution in [1.29, 1.82) is 5.41 Å². The molecule has 0 fully saturated rings. The Labute approximate surface area is 94.4 Å². The topological polar surface area (TPSA) is 53.7 Å². The van der Waals surface area contributed by atoms with E-state index in [2.05, 4.69) is 10.4 Å². The Kier molecular flexibility index (Phi) is 2.72.